The molecule has 0 fully saturated rings. The van der Waals surface area contributed by atoms with Crippen molar-refractivity contribution >= 4 is 10.4 Å². The van der Waals surface area contributed by atoms with Gasteiger partial charge in [0.2, 0.25) is 0 Å². The van der Waals surface area contributed by atoms with E-state index in [1.54, 1.807) is 13.8 Å². The molecule has 0 aromatic carbocycles. The Balaban J connectivity index is 3.50. The van der Waals surface area contributed by atoms with Crippen LogP contribution in [0.25, 0.3) is 0 Å². The molecule has 0 saturated heterocycles. The lowest BCUT2D eigenvalue weighted by Crippen LogP contribution is -2.29. The Bertz CT molecular complexity index is 420. The predicted molar refractivity (Wildman–Crippen MR) is 112 cm³/mol. The predicted octanol–water partition coefficient (Wildman–Crippen LogP) is 5.91. The maximum absolute atomic E-state index is 11.6. The Morgan fingerprint density at radius 3 is 1.56 bits per heavy atom. The molecular formula is C21H44O5S. The van der Waals surface area contributed by atoms with Crippen LogP contribution in [0.1, 0.15) is 117 Å². The van der Waals surface area contributed by atoms with E-state index in [-0.39, 0.29) is 13.2 Å². The summed E-state index contributed by atoms with van der Waals surface area (Å²) in [6.07, 6.45) is 18.9. The van der Waals surface area contributed by atoms with E-state index in [0.29, 0.717) is 6.42 Å². The molecule has 0 heterocycles. The van der Waals surface area contributed by atoms with Crippen LogP contribution in [-0.4, -0.2) is 32.3 Å². The summed E-state index contributed by atoms with van der Waals surface area (Å²) in [6, 6.07) is 0. The number of hydrogen-bond donors (Lipinski definition) is 1. The van der Waals surface area contributed by atoms with E-state index < -0.39 is 16.0 Å². The van der Waals surface area contributed by atoms with Gasteiger partial charge in [0.1, 0.15) is 0 Å². The van der Waals surface area contributed by atoms with Gasteiger partial charge in [0.25, 0.3) is 0 Å². The van der Waals surface area contributed by atoms with Crippen LogP contribution < -0.4 is 0 Å². The van der Waals surface area contributed by atoms with Crippen molar-refractivity contribution in [1.29, 1.82) is 0 Å². The van der Waals surface area contributed by atoms with Gasteiger partial charge in [-0.25, -0.2) is 8.37 Å². The minimum atomic E-state index is -4.03. The zero-order chi connectivity index (χ0) is 20.4. The van der Waals surface area contributed by atoms with Crippen molar-refractivity contribution in [2.45, 2.75) is 123 Å². The number of aliphatic hydroxyl groups excluding tert-OH is 1. The van der Waals surface area contributed by atoms with Crippen molar-refractivity contribution in [1.82, 2.24) is 0 Å². The second-order valence-electron chi connectivity index (χ2n) is 8.14. The zero-order valence-corrected chi connectivity index (χ0v) is 18.8. The molecule has 27 heavy (non-hydrogen) atoms. The first-order valence-corrected chi connectivity index (χ1v) is 12.4. The van der Waals surface area contributed by atoms with E-state index in [1.165, 1.54) is 77.0 Å². The van der Waals surface area contributed by atoms with Gasteiger partial charge < -0.3 is 5.11 Å². The highest BCUT2D eigenvalue weighted by Gasteiger charge is 2.26. The van der Waals surface area contributed by atoms with Crippen LogP contribution >= 0.6 is 0 Å². The van der Waals surface area contributed by atoms with E-state index >= 15 is 0 Å². The fourth-order valence-electron chi connectivity index (χ4n) is 3.23. The van der Waals surface area contributed by atoms with Gasteiger partial charge in [0.05, 0.1) is 18.8 Å². The first-order valence-electron chi connectivity index (χ1n) is 11.0. The Labute approximate surface area is 168 Å². The maximum Gasteiger partial charge on any atom is 0.400 e. The SMILES string of the molecule is CCCCCCCCCCCCCCCCC(C)(C)OS(=O)(=O)OCCO. The smallest absolute Gasteiger partial charge is 0.394 e. The summed E-state index contributed by atoms with van der Waals surface area (Å²) < 4.78 is 32.8. The van der Waals surface area contributed by atoms with Crippen molar-refractivity contribution in [3.63, 3.8) is 0 Å². The van der Waals surface area contributed by atoms with Gasteiger partial charge in [-0.15, -0.1) is 0 Å². The Kier molecular flexibility index (Phi) is 16.6. The van der Waals surface area contributed by atoms with Crippen LogP contribution in [0.4, 0.5) is 0 Å². The van der Waals surface area contributed by atoms with Gasteiger partial charge in [-0.3, -0.25) is 0 Å². The molecule has 0 aromatic rings. The second-order valence-corrected chi connectivity index (χ2v) is 9.36. The first-order chi connectivity index (χ1) is 12.8. The normalized spacial score (nSPS) is 12.6. The Morgan fingerprint density at radius 2 is 1.15 bits per heavy atom. The van der Waals surface area contributed by atoms with Crippen LogP contribution in [0, 0.1) is 0 Å². The fourth-order valence-corrected chi connectivity index (χ4v) is 4.19. The molecule has 0 aliphatic rings. The summed E-state index contributed by atoms with van der Waals surface area (Å²) in [5, 5.41) is 8.63. The summed E-state index contributed by atoms with van der Waals surface area (Å²) in [5.74, 6) is 0. The third-order valence-corrected chi connectivity index (χ3v) is 5.89. The highest BCUT2D eigenvalue weighted by molar-refractivity contribution is 7.81. The van der Waals surface area contributed by atoms with Crippen LogP contribution in [0.2, 0.25) is 0 Å². The molecule has 0 atom stereocenters. The van der Waals surface area contributed by atoms with Crippen molar-refractivity contribution < 1.29 is 21.9 Å². The summed E-state index contributed by atoms with van der Waals surface area (Å²) in [6.45, 7) is 5.17. The molecule has 1 N–H and O–H groups in total. The third-order valence-electron chi connectivity index (χ3n) is 4.78. The molecule has 0 aromatic heterocycles. The highest BCUT2D eigenvalue weighted by atomic mass is 32.3. The van der Waals surface area contributed by atoms with Crippen molar-refractivity contribution in [2.75, 3.05) is 13.2 Å². The van der Waals surface area contributed by atoms with E-state index in [0.717, 1.165) is 12.8 Å². The maximum atomic E-state index is 11.6. The van der Waals surface area contributed by atoms with Crippen molar-refractivity contribution in [3.05, 3.63) is 0 Å². The van der Waals surface area contributed by atoms with Gasteiger partial charge >= 0.3 is 10.4 Å². The Morgan fingerprint density at radius 1 is 0.741 bits per heavy atom. The molecule has 0 spiro atoms. The largest absolute Gasteiger partial charge is 0.400 e. The van der Waals surface area contributed by atoms with Crippen LogP contribution in [0.3, 0.4) is 0 Å². The molecule has 0 unspecified atom stereocenters. The lowest BCUT2D eigenvalue weighted by Gasteiger charge is -2.23. The van der Waals surface area contributed by atoms with Gasteiger partial charge in [-0.05, 0) is 20.3 Å². The van der Waals surface area contributed by atoms with Crippen LogP contribution in [0.15, 0.2) is 0 Å². The number of aliphatic hydroxyl groups is 1. The van der Waals surface area contributed by atoms with Gasteiger partial charge in [-0.2, -0.15) is 8.42 Å². The number of rotatable bonds is 20. The molecule has 5 nitrogen and oxygen atoms in total. The topological polar surface area (TPSA) is 72.8 Å². The molecule has 0 rings (SSSR count). The summed E-state index contributed by atoms with van der Waals surface area (Å²) in [5.41, 5.74) is -0.772. The average Bonchev–Trinajstić information content (AvgIpc) is 2.59. The summed E-state index contributed by atoms with van der Waals surface area (Å²) >= 11 is 0. The quantitative estimate of drug-likeness (QED) is 0.254. The minimum absolute atomic E-state index is 0.267. The van der Waals surface area contributed by atoms with E-state index in [2.05, 4.69) is 11.1 Å². The van der Waals surface area contributed by atoms with Crippen LogP contribution in [0.5, 0.6) is 0 Å². The molecular weight excluding hydrogens is 364 g/mol. The molecule has 0 bridgehead atoms. The Hall–Kier alpha value is -0.170. The molecule has 0 aliphatic carbocycles. The molecule has 164 valence electrons. The second kappa shape index (κ2) is 16.8. The minimum Gasteiger partial charge on any atom is -0.394 e. The van der Waals surface area contributed by atoms with Gasteiger partial charge in [0, 0.05) is 0 Å². The van der Waals surface area contributed by atoms with E-state index in [9.17, 15) is 8.42 Å². The van der Waals surface area contributed by atoms with Gasteiger partial charge in [-0.1, -0.05) is 96.8 Å². The average molecular weight is 409 g/mol. The fraction of sp³-hybridized carbons (Fsp3) is 1.00. The standard InChI is InChI=1S/C21H44O5S/c1-4-5-6-7-8-9-10-11-12-13-14-15-16-17-18-21(2,3)26-27(23,24)25-20-19-22/h22H,4-20H2,1-3H3. The third kappa shape index (κ3) is 18.9. The monoisotopic (exact) mass is 408 g/mol. The van der Waals surface area contributed by atoms with Crippen LogP contribution in [-0.2, 0) is 18.8 Å². The van der Waals surface area contributed by atoms with Crippen molar-refractivity contribution in [2.24, 2.45) is 0 Å². The first kappa shape index (κ1) is 26.8. The zero-order valence-electron chi connectivity index (χ0n) is 18.0. The highest BCUT2D eigenvalue weighted by Crippen LogP contribution is 2.22. The summed E-state index contributed by atoms with van der Waals surface area (Å²) in [4.78, 5) is 0. The molecule has 0 aliphatic heterocycles. The van der Waals surface area contributed by atoms with Gasteiger partial charge in [0.15, 0.2) is 0 Å². The summed E-state index contributed by atoms with van der Waals surface area (Å²) in [7, 11) is -4.03. The number of hydrogen-bond acceptors (Lipinski definition) is 5. The molecule has 0 amide bonds. The van der Waals surface area contributed by atoms with E-state index in [4.69, 9.17) is 9.29 Å². The lowest BCUT2D eigenvalue weighted by atomic mass is 9.99. The number of unbranched alkanes of at least 4 members (excludes halogenated alkanes) is 13. The molecule has 0 saturated carbocycles. The van der Waals surface area contributed by atoms with Crippen molar-refractivity contribution in [3.8, 4) is 0 Å². The van der Waals surface area contributed by atoms with E-state index in [1.807, 2.05) is 0 Å². The molecule has 6 heteroatoms. The lowest BCUT2D eigenvalue weighted by molar-refractivity contribution is 0.0707. The molecule has 0 radical (unpaired) electrons.